The molecule has 0 amide bonds. The Labute approximate surface area is 172 Å². The molecule has 0 aromatic rings. The normalized spacial score (nSPS) is 25.1. The molecule has 28 heavy (non-hydrogen) atoms. The third-order valence-corrected chi connectivity index (χ3v) is 6.91. The highest BCUT2D eigenvalue weighted by Gasteiger charge is 2.61. The summed E-state index contributed by atoms with van der Waals surface area (Å²) in [6.45, 7) is 6.25. The van der Waals surface area contributed by atoms with Crippen molar-refractivity contribution in [2.45, 2.75) is 124 Å². The molecule has 1 rings (SSSR count). The Hall–Kier alpha value is -1.06. The molecule has 1 fully saturated rings. The van der Waals surface area contributed by atoms with Gasteiger partial charge in [-0.25, -0.2) is 0 Å². The second kappa shape index (κ2) is 12.5. The van der Waals surface area contributed by atoms with Gasteiger partial charge in [0.25, 0.3) is 0 Å². The van der Waals surface area contributed by atoms with Crippen LogP contribution in [0, 0.1) is 16.7 Å². The van der Waals surface area contributed by atoms with Crippen LogP contribution in [-0.2, 0) is 9.59 Å². The Morgan fingerprint density at radius 2 is 1.18 bits per heavy atom. The Kier molecular flexibility index (Phi) is 11.1. The van der Waals surface area contributed by atoms with Crippen molar-refractivity contribution in [3.05, 3.63) is 0 Å². The fraction of sp³-hybridized carbons (Fsp3) is 0.917. The van der Waals surface area contributed by atoms with Crippen LogP contribution >= 0.6 is 0 Å². The van der Waals surface area contributed by atoms with Gasteiger partial charge in [0.2, 0.25) is 0 Å². The van der Waals surface area contributed by atoms with Crippen molar-refractivity contribution >= 4 is 11.9 Å². The van der Waals surface area contributed by atoms with Crippen molar-refractivity contribution in [3.8, 4) is 0 Å². The lowest BCUT2D eigenvalue weighted by Crippen LogP contribution is -2.55. The van der Waals surface area contributed by atoms with Crippen LogP contribution in [0.15, 0.2) is 0 Å². The van der Waals surface area contributed by atoms with E-state index in [-0.39, 0.29) is 5.92 Å². The Morgan fingerprint density at radius 1 is 0.750 bits per heavy atom. The molecule has 0 heterocycles. The van der Waals surface area contributed by atoms with Crippen LogP contribution in [0.25, 0.3) is 0 Å². The molecule has 4 nitrogen and oxygen atoms in total. The summed E-state index contributed by atoms with van der Waals surface area (Å²) in [7, 11) is 0. The molecule has 0 saturated heterocycles. The van der Waals surface area contributed by atoms with E-state index in [2.05, 4.69) is 6.92 Å². The van der Waals surface area contributed by atoms with Crippen molar-refractivity contribution in [1.82, 2.24) is 0 Å². The van der Waals surface area contributed by atoms with Crippen molar-refractivity contribution in [2.24, 2.45) is 16.7 Å². The molecule has 0 bridgehead atoms. The van der Waals surface area contributed by atoms with Gasteiger partial charge in [0.05, 0.1) is 10.8 Å². The van der Waals surface area contributed by atoms with Crippen LogP contribution in [0.1, 0.15) is 124 Å². The summed E-state index contributed by atoms with van der Waals surface area (Å²) in [5, 5.41) is 20.3. The smallest absolute Gasteiger partial charge is 0.310 e. The highest BCUT2D eigenvalue weighted by molar-refractivity contribution is 5.87. The zero-order valence-corrected chi connectivity index (χ0v) is 18.6. The second-order valence-electron chi connectivity index (χ2n) is 9.51. The number of aliphatic carboxylic acids is 2. The molecule has 2 unspecified atom stereocenters. The Bertz CT molecular complexity index is 473. The quantitative estimate of drug-likeness (QED) is 0.291. The summed E-state index contributed by atoms with van der Waals surface area (Å²) in [5.41, 5.74) is -2.20. The van der Waals surface area contributed by atoms with E-state index in [4.69, 9.17) is 0 Å². The van der Waals surface area contributed by atoms with Gasteiger partial charge in [-0.2, -0.15) is 0 Å². The predicted molar refractivity (Wildman–Crippen MR) is 115 cm³/mol. The Balaban J connectivity index is 2.61. The minimum Gasteiger partial charge on any atom is -0.481 e. The highest BCUT2D eigenvalue weighted by Crippen LogP contribution is 2.57. The molecule has 164 valence electrons. The highest BCUT2D eigenvalue weighted by atomic mass is 16.4. The van der Waals surface area contributed by atoms with Gasteiger partial charge in [0, 0.05) is 0 Å². The standard InChI is InChI=1S/C24H44O4/c1-4-5-6-7-8-9-10-11-12-13-16-23(21(25)26)17-14-15-18-24(23,22(27)28)19-20(2)3/h20H,4-19H2,1-3H3,(H,25,26)(H,27,28). The van der Waals surface area contributed by atoms with Crippen LogP contribution in [0.4, 0.5) is 0 Å². The summed E-state index contributed by atoms with van der Waals surface area (Å²) in [6, 6.07) is 0. The van der Waals surface area contributed by atoms with E-state index >= 15 is 0 Å². The van der Waals surface area contributed by atoms with E-state index < -0.39 is 22.8 Å². The van der Waals surface area contributed by atoms with E-state index in [0.29, 0.717) is 25.7 Å². The monoisotopic (exact) mass is 396 g/mol. The fourth-order valence-corrected chi connectivity index (χ4v) is 5.42. The lowest BCUT2D eigenvalue weighted by molar-refractivity contribution is -0.183. The van der Waals surface area contributed by atoms with Crippen molar-refractivity contribution in [1.29, 1.82) is 0 Å². The molecule has 0 radical (unpaired) electrons. The van der Waals surface area contributed by atoms with E-state index in [9.17, 15) is 19.8 Å². The maximum atomic E-state index is 12.4. The number of hydrogen-bond acceptors (Lipinski definition) is 2. The van der Waals surface area contributed by atoms with Gasteiger partial charge in [-0.05, 0) is 31.6 Å². The van der Waals surface area contributed by atoms with Crippen LogP contribution < -0.4 is 0 Å². The van der Waals surface area contributed by atoms with Gasteiger partial charge in [-0.15, -0.1) is 0 Å². The van der Waals surface area contributed by atoms with Gasteiger partial charge in [-0.3, -0.25) is 9.59 Å². The number of carboxylic acids is 2. The average molecular weight is 397 g/mol. The molecule has 1 saturated carbocycles. The first kappa shape index (κ1) is 25.0. The van der Waals surface area contributed by atoms with Crippen molar-refractivity contribution in [3.63, 3.8) is 0 Å². The predicted octanol–water partition coefficient (Wildman–Crippen LogP) is 7.06. The van der Waals surface area contributed by atoms with Gasteiger partial charge < -0.3 is 10.2 Å². The number of carboxylic acid groups (broad SMARTS) is 2. The molecule has 0 aromatic carbocycles. The summed E-state index contributed by atoms with van der Waals surface area (Å²) in [4.78, 5) is 24.8. The first-order chi connectivity index (χ1) is 13.3. The number of carbonyl (C=O) groups is 2. The first-order valence-corrected chi connectivity index (χ1v) is 11.8. The third-order valence-electron chi connectivity index (χ3n) is 6.91. The fourth-order valence-electron chi connectivity index (χ4n) is 5.42. The van der Waals surface area contributed by atoms with Gasteiger partial charge in [0.1, 0.15) is 0 Å². The minimum atomic E-state index is -1.11. The maximum Gasteiger partial charge on any atom is 0.310 e. The maximum absolute atomic E-state index is 12.4. The molecule has 4 heteroatoms. The Morgan fingerprint density at radius 3 is 1.61 bits per heavy atom. The zero-order chi connectivity index (χ0) is 21.0. The largest absolute Gasteiger partial charge is 0.481 e. The number of unbranched alkanes of at least 4 members (excludes halogenated alkanes) is 9. The van der Waals surface area contributed by atoms with Crippen LogP contribution in [0.3, 0.4) is 0 Å². The molecular weight excluding hydrogens is 352 g/mol. The molecule has 1 aliphatic rings. The van der Waals surface area contributed by atoms with Crippen molar-refractivity contribution < 1.29 is 19.8 Å². The van der Waals surface area contributed by atoms with E-state index in [1.54, 1.807) is 0 Å². The zero-order valence-electron chi connectivity index (χ0n) is 18.6. The van der Waals surface area contributed by atoms with Gasteiger partial charge in [0.15, 0.2) is 0 Å². The molecule has 1 aliphatic carbocycles. The van der Waals surface area contributed by atoms with Crippen LogP contribution in [0.5, 0.6) is 0 Å². The molecule has 0 aliphatic heterocycles. The topological polar surface area (TPSA) is 74.6 Å². The molecule has 0 spiro atoms. The molecular formula is C24H44O4. The molecule has 0 aromatic heterocycles. The summed E-state index contributed by atoms with van der Waals surface area (Å²) >= 11 is 0. The third kappa shape index (κ3) is 6.49. The van der Waals surface area contributed by atoms with Gasteiger partial charge in [-0.1, -0.05) is 97.8 Å². The van der Waals surface area contributed by atoms with E-state index in [0.717, 1.165) is 32.1 Å². The molecule has 2 N–H and O–H groups in total. The van der Waals surface area contributed by atoms with Crippen molar-refractivity contribution in [2.75, 3.05) is 0 Å². The second-order valence-corrected chi connectivity index (χ2v) is 9.51. The lowest BCUT2D eigenvalue weighted by atomic mass is 9.51. The molecule has 2 atom stereocenters. The SMILES string of the molecule is CCCCCCCCCCCCC1(C(=O)O)CCCCC1(CC(C)C)C(=O)O. The average Bonchev–Trinajstić information content (AvgIpc) is 2.63. The summed E-state index contributed by atoms with van der Waals surface area (Å²) < 4.78 is 0. The minimum absolute atomic E-state index is 0.181. The lowest BCUT2D eigenvalue weighted by Gasteiger charge is -2.49. The van der Waals surface area contributed by atoms with Crippen LogP contribution in [-0.4, -0.2) is 22.2 Å². The van der Waals surface area contributed by atoms with E-state index in [1.807, 2.05) is 13.8 Å². The first-order valence-electron chi connectivity index (χ1n) is 11.8. The number of hydrogen-bond donors (Lipinski definition) is 2. The number of rotatable bonds is 15. The summed E-state index contributed by atoms with van der Waals surface area (Å²) in [6.07, 6.45) is 15.7. The van der Waals surface area contributed by atoms with Crippen LogP contribution in [0.2, 0.25) is 0 Å². The van der Waals surface area contributed by atoms with Gasteiger partial charge >= 0.3 is 11.9 Å². The summed E-state index contributed by atoms with van der Waals surface area (Å²) in [5.74, 6) is -1.60. The van der Waals surface area contributed by atoms with E-state index in [1.165, 1.54) is 44.9 Å².